The maximum absolute atomic E-state index is 6.02. The molecular weight excluding hydrogens is 288 g/mol. The average molecular weight is 307 g/mol. The van der Waals surface area contributed by atoms with Crippen LogP contribution < -0.4 is 16.0 Å². The zero-order valence-corrected chi connectivity index (χ0v) is 13.2. The van der Waals surface area contributed by atoms with E-state index in [1.54, 1.807) is 6.07 Å². The molecule has 0 unspecified atom stereocenters. The Morgan fingerprint density at radius 1 is 1.29 bits per heavy atom. The maximum atomic E-state index is 6.02. The van der Waals surface area contributed by atoms with Crippen molar-refractivity contribution in [2.75, 3.05) is 5.43 Å². The molecule has 0 radical (unpaired) electrons. The Hall–Kier alpha value is -1.85. The molecular formula is C15H19ClN4O. The van der Waals surface area contributed by atoms with Crippen molar-refractivity contribution in [1.82, 2.24) is 9.97 Å². The van der Waals surface area contributed by atoms with E-state index in [4.69, 9.17) is 22.2 Å². The summed E-state index contributed by atoms with van der Waals surface area (Å²) >= 11 is 6.02. The summed E-state index contributed by atoms with van der Waals surface area (Å²) in [5.74, 6) is 7.98. The molecule has 5 nitrogen and oxygen atoms in total. The van der Waals surface area contributed by atoms with Gasteiger partial charge in [0.15, 0.2) is 0 Å². The Morgan fingerprint density at radius 2 is 2.05 bits per heavy atom. The van der Waals surface area contributed by atoms with E-state index >= 15 is 0 Å². The highest BCUT2D eigenvalue weighted by Crippen LogP contribution is 2.29. The fourth-order valence-electron chi connectivity index (χ4n) is 1.91. The second kappa shape index (κ2) is 6.74. The van der Waals surface area contributed by atoms with Gasteiger partial charge in [0.25, 0.3) is 0 Å². The van der Waals surface area contributed by atoms with Gasteiger partial charge < -0.3 is 10.2 Å². The number of hydrogen-bond donors (Lipinski definition) is 2. The molecule has 2 aromatic rings. The minimum atomic E-state index is 0.503. The van der Waals surface area contributed by atoms with Crippen molar-refractivity contribution in [2.45, 2.75) is 33.6 Å². The van der Waals surface area contributed by atoms with Gasteiger partial charge in [0.05, 0.1) is 5.56 Å². The number of benzene rings is 1. The number of nitrogens with one attached hydrogen (secondary N) is 1. The number of ether oxygens (including phenoxy) is 1. The van der Waals surface area contributed by atoms with Gasteiger partial charge in [-0.2, -0.15) is 4.98 Å². The van der Waals surface area contributed by atoms with E-state index < -0.39 is 0 Å². The molecule has 0 saturated heterocycles. The number of rotatable bonds is 5. The third-order valence-corrected chi connectivity index (χ3v) is 3.53. The SMILES string of the molecule is CCCc1nc(NN)c(C)c(Oc2ccc(Cl)c(C)c2)n1. The van der Waals surface area contributed by atoms with Crippen molar-refractivity contribution in [1.29, 1.82) is 0 Å². The number of aromatic nitrogens is 2. The molecule has 3 N–H and O–H groups in total. The Bertz CT molecular complexity index is 646. The summed E-state index contributed by atoms with van der Waals surface area (Å²) in [6, 6.07) is 5.49. The molecule has 21 heavy (non-hydrogen) atoms. The van der Waals surface area contributed by atoms with Crippen LogP contribution in [0, 0.1) is 13.8 Å². The minimum Gasteiger partial charge on any atom is -0.439 e. The molecule has 0 amide bonds. The lowest BCUT2D eigenvalue weighted by Gasteiger charge is -2.13. The van der Waals surface area contributed by atoms with Crippen LogP contribution in [0.2, 0.25) is 5.02 Å². The van der Waals surface area contributed by atoms with Crippen LogP contribution in [0.1, 0.15) is 30.3 Å². The highest BCUT2D eigenvalue weighted by atomic mass is 35.5. The van der Waals surface area contributed by atoms with E-state index in [-0.39, 0.29) is 0 Å². The molecule has 1 aromatic heterocycles. The third kappa shape index (κ3) is 3.62. The van der Waals surface area contributed by atoms with Crippen molar-refractivity contribution in [2.24, 2.45) is 5.84 Å². The van der Waals surface area contributed by atoms with Crippen LogP contribution in [0.3, 0.4) is 0 Å². The Kier molecular flexibility index (Phi) is 4.98. The van der Waals surface area contributed by atoms with E-state index in [1.807, 2.05) is 26.0 Å². The molecule has 0 saturated carbocycles. The van der Waals surface area contributed by atoms with E-state index in [0.717, 1.165) is 24.0 Å². The number of nitrogens with zero attached hydrogens (tertiary/aromatic N) is 2. The summed E-state index contributed by atoms with van der Waals surface area (Å²) in [6.07, 6.45) is 1.72. The molecule has 0 bridgehead atoms. The number of hydrazine groups is 1. The largest absolute Gasteiger partial charge is 0.439 e. The summed E-state index contributed by atoms with van der Waals surface area (Å²) in [6.45, 7) is 5.86. The molecule has 0 aliphatic rings. The summed E-state index contributed by atoms with van der Waals surface area (Å²) in [7, 11) is 0. The van der Waals surface area contributed by atoms with Crippen LogP contribution in [-0.2, 0) is 6.42 Å². The smallest absolute Gasteiger partial charge is 0.227 e. The van der Waals surface area contributed by atoms with Crippen LogP contribution in [0.25, 0.3) is 0 Å². The number of hydrogen-bond acceptors (Lipinski definition) is 5. The average Bonchev–Trinajstić information content (AvgIpc) is 2.46. The van der Waals surface area contributed by atoms with Crippen molar-refractivity contribution in [3.05, 3.63) is 40.2 Å². The second-order valence-corrected chi connectivity index (χ2v) is 5.23. The Morgan fingerprint density at radius 3 is 2.67 bits per heavy atom. The van der Waals surface area contributed by atoms with Crippen molar-refractivity contribution in [3.8, 4) is 11.6 Å². The maximum Gasteiger partial charge on any atom is 0.227 e. The highest BCUT2D eigenvalue weighted by Gasteiger charge is 2.12. The third-order valence-electron chi connectivity index (χ3n) is 3.10. The zero-order valence-electron chi connectivity index (χ0n) is 12.4. The van der Waals surface area contributed by atoms with E-state index in [1.165, 1.54) is 0 Å². The Balaban J connectivity index is 2.37. The summed E-state index contributed by atoms with van der Waals surface area (Å²) < 4.78 is 5.87. The van der Waals surface area contributed by atoms with Crippen LogP contribution in [-0.4, -0.2) is 9.97 Å². The van der Waals surface area contributed by atoms with Gasteiger partial charge in [-0.05, 0) is 44.0 Å². The number of aryl methyl sites for hydroxylation is 2. The van der Waals surface area contributed by atoms with Crippen LogP contribution >= 0.6 is 11.6 Å². The van der Waals surface area contributed by atoms with E-state index in [0.29, 0.717) is 28.3 Å². The van der Waals surface area contributed by atoms with Crippen LogP contribution in [0.15, 0.2) is 18.2 Å². The van der Waals surface area contributed by atoms with Gasteiger partial charge in [0.1, 0.15) is 17.4 Å². The molecule has 0 fully saturated rings. The van der Waals surface area contributed by atoms with Crippen molar-refractivity contribution in [3.63, 3.8) is 0 Å². The van der Waals surface area contributed by atoms with Gasteiger partial charge in [-0.25, -0.2) is 10.8 Å². The second-order valence-electron chi connectivity index (χ2n) is 4.83. The van der Waals surface area contributed by atoms with Gasteiger partial charge in [0.2, 0.25) is 5.88 Å². The Labute approximate surface area is 129 Å². The van der Waals surface area contributed by atoms with E-state index in [2.05, 4.69) is 22.3 Å². The monoisotopic (exact) mass is 306 g/mol. The molecule has 1 heterocycles. The molecule has 112 valence electrons. The molecule has 1 aromatic carbocycles. The van der Waals surface area contributed by atoms with Crippen molar-refractivity contribution >= 4 is 17.4 Å². The number of nitrogens with two attached hydrogens (primary N) is 1. The number of nitrogen functional groups attached to an aromatic ring is 1. The van der Waals surface area contributed by atoms with Crippen LogP contribution in [0.4, 0.5) is 5.82 Å². The highest BCUT2D eigenvalue weighted by molar-refractivity contribution is 6.31. The molecule has 6 heteroatoms. The topological polar surface area (TPSA) is 73.1 Å². The zero-order chi connectivity index (χ0) is 15.4. The van der Waals surface area contributed by atoms with E-state index in [9.17, 15) is 0 Å². The molecule has 0 aliphatic heterocycles. The quantitative estimate of drug-likeness (QED) is 0.649. The molecule has 0 aliphatic carbocycles. The van der Waals surface area contributed by atoms with Gasteiger partial charge in [-0.1, -0.05) is 18.5 Å². The normalized spacial score (nSPS) is 10.5. The van der Waals surface area contributed by atoms with Gasteiger partial charge in [-0.3, -0.25) is 0 Å². The fraction of sp³-hybridized carbons (Fsp3) is 0.333. The van der Waals surface area contributed by atoms with Crippen molar-refractivity contribution < 1.29 is 4.74 Å². The lowest BCUT2D eigenvalue weighted by molar-refractivity contribution is 0.454. The minimum absolute atomic E-state index is 0.503. The lowest BCUT2D eigenvalue weighted by Crippen LogP contribution is -2.13. The first kappa shape index (κ1) is 15.5. The molecule has 0 spiro atoms. The number of halogens is 1. The first-order valence-corrected chi connectivity index (χ1v) is 7.21. The fourth-order valence-corrected chi connectivity index (χ4v) is 2.03. The van der Waals surface area contributed by atoms with Crippen LogP contribution in [0.5, 0.6) is 11.6 Å². The molecule has 2 rings (SSSR count). The first-order chi connectivity index (χ1) is 10.0. The van der Waals surface area contributed by atoms with Gasteiger partial charge in [-0.15, -0.1) is 0 Å². The first-order valence-electron chi connectivity index (χ1n) is 6.83. The predicted molar refractivity (Wildman–Crippen MR) is 84.8 cm³/mol. The van der Waals surface area contributed by atoms with Gasteiger partial charge in [0, 0.05) is 11.4 Å². The standard InChI is InChI=1S/C15H19ClN4O/c1-4-5-13-18-14(20-17)10(3)15(19-13)21-11-6-7-12(16)9(2)8-11/h6-8H,4-5,17H2,1-3H3,(H,18,19,20). The lowest BCUT2D eigenvalue weighted by atomic mass is 10.2. The summed E-state index contributed by atoms with van der Waals surface area (Å²) in [4.78, 5) is 8.82. The summed E-state index contributed by atoms with van der Waals surface area (Å²) in [5.41, 5.74) is 4.31. The van der Waals surface area contributed by atoms with Gasteiger partial charge >= 0.3 is 0 Å². The summed E-state index contributed by atoms with van der Waals surface area (Å²) in [5, 5.41) is 0.706. The predicted octanol–water partition coefficient (Wildman–Crippen LogP) is 3.78. The molecule has 0 atom stereocenters. The number of anilines is 1.